The molecule has 0 radical (unpaired) electrons. The lowest BCUT2D eigenvalue weighted by molar-refractivity contribution is 0.0986. The highest BCUT2D eigenvalue weighted by Crippen LogP contribution is 2.28. The number of phenolic OH excluding ortho intramolecular Hbond substituents is 1. The predicted octanol–water partition coefficient (Wildman–Crippen LogP) is 3.40. The van der Waals surface area contributed by atoms with E-state index in [2.05, 4.69) is 15.9 Å². The number of aromatic hydroxyl groups is 1. The molecule has 2 aromatic carbocycles. The van der Waals surface area contributed by atoms with E-state index in [9.17, 15) is 9.90 Å². The van der Waals surface area contributed by atoms with Gasteiger partial charge in [0.05, 0.1) is 16.9 Å². The molecule has 0 heterocycles. The average molecular weight is 335 g/mol. The molecule has 4 nitrogen and oxygen atoms in total. The first-order chi connectivity index (χ1) is 9.54. The number of nitrogens with two attached hydrogens (primary N) is 1. The van der Waals surface area contributed by atoms with Crippen LogP contribution in [0.25, 0.3) is 0 Å². The molecule has 1 amide bonds. The summed E-state index contributed by atoms with van der Waals surface area (Å²) >= 11 is 3.25. The van der Waals surface area contributed by atoms with Crippen molar-refractivity contribution in [2.24, 2.45) is 0 Å². The number of carbonyl (C=O) groups is 1. The van der Waals surface area contributed by atoms with Gasteiger partial charge < -0.3 is 15.7 Å². The minimum absolute atomic E-state index is 0.0580. The summed E-state index contributed by atoms with van der Waals surface area (Å²) in [6.45, 7) is 2.32. The fourth-order valence-electron chi connectivity index (χ4n) is 1.99. The molecule has 2 rings (SSSR count). The number of phenols is 1. The van der Waals surface area contributed by atoms with Crippen molar-refractivity contribution in [3.63, 3.8) is 0 Å². The lowest BCUT2D eigenvalue weighted by Gasteiger charge is -2.23. The third kappa shape index (κ3) is 2.77. The number of benzene rings is 2. The monoisotopic (exact) mass is 334 g/mol. The van der Waals surface area contributed by atoms with E-state index in [1.807, 2.05) is 19.1 Å². The van der Waals surface area contributed by atoms with Gasteiger partial charge in [0.1, 0.15) is 5.75 Å². The van der Waals surface area contributed by atoms with Crippen molar-refractivity contribution < 1.29 is 9.90 Å². The zero-order chi connectivity index (χ0) is 14.7. The normalized spacial score (nSPS) is 10.3. The van der Waals surface area contributed by atoms with Crippen LogP contribution in [0.2, 0.25) is 0 Å². The minimum Gasteiger partial charge on any atom is -0.507 e. The summed E-state index contributed by atoms with van der Waals surface area (Å²) in [6.07, 6.45) is 0. The summed E-state index contributed by atoms with van der Waals surface area (Å²) in [5, 5.41) is 9.91. The fourth-order valence-corrected chi connectivity index (χ4v) is 2.34. The molecule has 0 saturated carbocycles. The van der Waals surface area contributed by atoms with Gasteiger partial charge in [-0.1, -0.05) is 28.1 Å². The van der Waals surface area contributed by atoms with E-state index in [1.54, 1.807) is 24.3 Å². The maximum absolute atomic E-state index is 12.6. The first-order valence-corrected chi connectivity index (χ1v) is 6.98. The largest absolute Gasteiger partial charge is 0.507 e. The molecule has 0 aliphatic heterocycles. The quantitative estimate of drug-likeness (QED) is 0.845. The SMILES string of the molecule is CCN(C(=O)c1ccc(Br)cc1O)c1ccccc1N. The lowest BCUT2D eigenvalue weighted by atomic mass is 10.1. The van der Waals surface area contributed by atoms with E-state index in [0.29, 0.717) is 22.4 Å². The van der Waals surface area contributed by atoms with Crippen LogP contribution in [0, 0.1) is 0 Å². The van der Waals surface area contributed by atoms with Gasteiger partial charge in [-0.2, -0.15) is 0 Å². The molecule has 104 valence electrons. The molecule has 0 aliphatic rings. The van der Waals surface area contributed by atoms with Crippen LogP contribution in [0.1, 0.15) is 17.3 Å². The second-order valence-electron chi connectivity index (χ2n) is 4.27. The van der Waals surface area contributed by atoms with Crippen LogP contribution in [0.3, 0.4) is 0 Å². The lowest BCUT2D eigenvalue weighted by Crippen LogP contribution is -2.31. The molecule has 0 aromatic heterocycles. The molecule has 2 aromatic rings. The van der Waals surface area contributed by atoms with Gasteiger partial charge in [0, 0.05) is 11.0 Å². The first kappa shape index (κ1) is 14.4. The molecule has 0 bridgehead atoms. The highest BCUT2D eigenvalue weighted by Gasteiger charge is 2.20. The van der Waals surface area contributed by atoms with Crippen LogP contribution >= 0.6 is 15.9 Å². The molecule has 20 heavy (non-hydrogen) atoms. The van der Waals surface area contributed by atoms with Gasteiger partial charge in [-0.05, 0) is 37.3 Å². The van der Waals surface area contributed by atoms with Crippen LogP contribution < -0.4 is 10.6 Å². The summed E-state index contributed by atoms with van der Waals surface area (Å²) < 4.78 is 0.717. The van der Waals surface area contributed by atoms with Crippen molar-refractivity contribution in [3.8, 4) is 5.75 Å². The smallest absolute Gasteiger partial charge is 0.262 e. The number of rotatable bonds is 3. The molecular formula is C15H15BrN2O2. The van der Waals surface area contributed by atoms with Gasteiger partial charge in [0.25, 0.3) is 5.91 Å². The Balaban J connectivity index is 2.42. The van der Waals surface area contributed by atoms with Gasteiger partial charge in [0.2, 0.25) is 0 Å². The molecule has 0 aliphatic carbocycles. The average Bonchev–Trinajstić information content (AvgIpc) is 2.41. The van der Waals surface area contributed by atoms with E-state index in [1.165, 1.54) is 11.0 Å². The molecule has 3 N–H and O–H groups in total. The summed E-state index contributed by atoms with van der Waals surface area (Å²) in [5.74, 6) is -0.340. The molecule has 0 spiro atoms. The highest BCUT2D eigenvalue weighted by atomic mass is 79.9. The Kier molecular flexibility index (Phi) is 4.29. The second kappa shape index (κ2) is 5.96. The van der Waals surface area contributed by atoms with Crippen molar-refractivity contribution >= 4 is 33.2 Å². The number of anilines is 2. The topological polar surface area (TPSA) is 66.6 Å². The number of hydrogen-bond acceptors (Lipinski definition) is 3. The zero-order valence-corrected chi connectivity index (χ0v) is 12.6. The number of nitrogens with zero attached hydrogens (tertiary/aromatic N) is 1. The van der Waals surface area contributed by atoms with Gasteiger partial charge >= 0.3 is 0 Å². The maximum Gasteiger partial charge on any atom is 0.262 e. The number of carbonyl (C=O) groups excluding carboxylic acids is 1. The Morgan fingerprint density at radius 3 is 2.60 bits per heavy atom. The van der Waals surface area contributed by atoms with E-state index in [0.717, 1.165) is 0 Å². The Hall–Kier alpha value is -2.01. The molecular weight excluding hydrogens is 320 g/mol. The molecule has 0 saturated heterocycles. The molecule has 0 atom stereocenters. The summed E-state index contributed by atoms with van der Waals surface area (Å²) in [5.41, 5.74) is 7.33. The number of para-hydroxylation sites is 2. The number of amides is 1. The van der Waals surface area contributed by atoms with Crippen LogP contribution in [0.15, 0.2) is 46.9 Å². The second-order valence-corrected chi connectivity index (χ2v) is 5.19. The maximum atomic E-state index is 12.6. The van der Waals surface area contributed by atoms with Crippen LogP contribution in [-0.2, 0) is 0 Å². The van der Waals surface area contributed by atoms with Crippen molar-refractivity contribution in [2.45, 2.75) is 6.92 Å². The minimum atomic E-state index is -0.282. The molecule has 0 unspecified atom stereocenters. The first-order valence-electron chi connectivity index (χ1n) is 6.19. The van der Waals surface area contributed by atoms with Gasteiger partial charge in [0.15, 0.2) is 0 Å². The van der Waals surface area contributed by atoms with E-state index in [-0.39, 0.29) is 17.2 Å². The van der Waals surface area contributed by atoms with Crippen molar-refractivity contribution in [3.05, 3.63) is 52.5 Å². The van der Waals surface area contributed by atoms with Gasteiger partial charge in [-0.15, -0.1) is 0 Å². The number of hydrogen-bond donors (Lipinski definition) is 2. The summed E-state index contributed by atoms with van der Waals surface area (Å²) in [6, 6.07) is 12.0. The van der Waals surface area contributed by atoms with Crippen molar-refractivity contribution in [2.75, 3.05) is 17.2 Å². The standard InChI is InChI=1S/C15H15BrN2O2/c1-2-18(13-6-4-3-5-12(13)17)15(20)11-8-7-10(16)9-14(11)19/h3-9,19H,2,17H2,1H3. The fraction of sp³-hybridized carbons (Fsp3) is 0.133. The van der Waals surface area contributed by atoms with E-state index < -0.39 is 0 Å². The third-order valence-corrected chi connectivity index (χ3v) is 3.47. The highest BCUT2D eigenvalue weighted by molar-refractivity contribution is 9.10. The van der Waals surface area contributed by atoms with Crippen molar-refractivity contribution in [1.82, 2.24) is 0 Å². The van der Waals surface area contributed by atoms with Crippen molar-refractivity contribution in [1.29, 1.82) is 0 Å². The summed E-state index contributed by atoms with van der Waals surface area (Å²) in [7, 11) is 0. The Morgan fingerprint density at radius 2 is 2.00 bits per heavy atom. The zero-order valence-electron chi connectivity index (χ0n) is 11.0. The Morgan fingerprint density at radius 1 is 1.30 bits per heavy atom. The van der Waals surface area contributed by atoms with E-state index >= 15 is 0 Å². The molecule has 0 fully saturated rings. The molecule has 5 heteroatoms. The summed E-state index contributed by atoms with van der Waals surface area (Å²) in [4.78, 5) is 14.1. The van der Waals surface area contributed by atoms with Crippen LogP contribution in [0.5, 0.6) is 5.75 Å². The van der Waals surface area contributed by atoms with Gasteiger partial charge in [-0.25, -0.2) is 0 Å². The Bertz CT molecular complexity index is 644. The predicted molar refractivity (Wildman–Crippen MR) is 84.0 cm³/mol. The number of nitrogen functional groups attached to an aromatic ring is 1. The van der Waals surface area contributed by atoms with Crippen LogP contribution in [-0.4, -0.2) is 17.6 Å². The van der Waals surface area contributed by atoms with Gasteiger partial charge in [-0.3, -0.25) is 4.79 Å². The Labute approximate surface area is 126 Å². The number of halogens is 1. The van der Waals surface area contributed by atoms with Crippen LogP contribution in [0.4, 0.5) is 11.4 Å². The third-order valence-electron chi connectivity index (χ3n) is 2.98. The van der Waals surface area contributed by atoms with E-state index in [4.69, 9.17) is 5.73 Å².